The molecule has 4 aliphatic heterocycles. The zero-order valence-electron chi connectivity index (χ0n) is 25.8. The molecule has 246 valence electrons. The van der Waals surface area contributed by atoms with E-state index in [1.807, 2.05) is 23.1 Å². The molecule has 47 heavy (non-hydrogen) atoms. The van der Waals surface area contributed by atoms with Crippen LogP contribution in [0.2, 0.25) is 0 Å². The van der Waals surface area contributed by atoms with Gasteiger partial charge in [-0.05, 0) is 47.7 Å². The number of likely N-dealkylation sites (tertiary alicyclic amines) is 1. The summed E-state index contributed by atoms with van der Waals surface area (Å²) in [4.78, 5) is 35.6. The molecule has 2 fully saturated rings. The van der Waals surface area contributed by atoms with Gasteiger partial charge in [-0.3, -0.25) is 24.2 Å². The Bertz CT molecular complexity index is 1740. The number of nitrogens with zero attached hydrogens (tertiary/aromatic N) is 6. The Hall–Kier alpha value is -4.66. The lowest BCUT2D eigenvalue weighted by atomic mass is 9.96. The predicted octanol–water partition coefficient (Wildman–Crippen LogP) is 3.44. The number of hydrogen-bond acceptors (Lipinski definition) is 9. The lowest BCUT2D eigenvalue weighted by Crippen LogP contribution is -2.45. The number of ether oxygens (including phenoxy) is 2. The fourth-order valence-electron chi connectivity index (χ4n) is 6.49. The molecule has 0 spiro atoms. The molecule has 7 rings (SSSR count). The molecule has 2 N–H and O–H groups in total. The van der Waals surface area contributed by atoms with Gasteiger partial charge in [0, 0.05) is 63.4 Å². The van der Waals surface area contributed by atoms with Crippen LogP contribution in [0, 0.1) is 5.92 Å². The molecule has 0 radical (unpaired) electrons. The smallest absolute Gasteiger partial charge is 0.387 e. The number of morpholine rings is 1. The first-order chi connectivity index (χ1) is 22.9. The molecule has 14 heteroatoms. The molecule has 2 saturated heterocycles. The number of anilines is 1. The van der Waals surface area contributed by atoms with E-state index in [9.17, 15) is 18.4 Å². The van der Waals surface area contributed by atoms with Gasteiger partial charge in [-0.25, -0.2) is 10.4 Å². The van der Waals surface area contributed by atoms with Crippen molar-refractivity contribution in [3.8, 4) is 17.0 Å². The van der Waals surface area contributed by atoms with Crippen LogP contribution in [-0.4, -0.2) is 102 Å². The zero-order chi connectivity index (χ0) is 32.3. The van der Waals surface area contributed by atoms with Crippen molar-refractivity contribution in [2.45, 2.75) is 26.0 Å². The van der Waals surface area contributed by atoms with Gasteiger partial charge in [0.2, 0.25) is 5.91 Å². The van der Waals surface area contributed by atoms with Crippen molar-refractivity contribution in [3.05, 3.63) is 66.3 Å². The molecule has 0 unspecified atom stereocenters. The zero-order valence-corrected chi connectivity index (χ0v) is 25.8. The van der Waals surface area contributed by atoms with Gasteiger partial charge in [-0.1, -0.05) is 24.3 Å². The summed E-state index contributed by atoms with van der Waals surface area (Å²) in [7, 11) is 0. The van der Waals surface area contributed by atoms with Gasteiger partial charge in [0.1, 0.15) is 18.0 Å². The highest BCUT2D eigenvalue weighted by Gasteiger charge is 2.30. The molecule has 0 saturated carbocycles. The third-order valence-corrected chi connectivity index (χ3v) is 8.93. The van der Waals surface area contributed by atoms with Crippen LogP contribution in [0.1, 0.15) is 12.8 Å². The summed E-state index contributed by atoms with van der Waals surface area (Å²) < 4.78 is 39.1. The second kappa shape index (κ2) is 13.6. The Morgan fingerprint density at radius 2 is 1.85 bits per heavy atom. The molecule has 12 nitrogen and oxygen atoms in total. The number of piperidine rings is 1. The van der Waals surface area contributed by atoms with Crippen molar-refractivity contribution in [3.63, 3.8) is 0 Å². The molecule has 3 aromatic rings. The van der Waals surface area contributed by atoms with Crippen molar-refractivity contribution in [1.29, 1.82) is 0 Å². The maximum absolute atomic E-state index is 13.6. The second-order valence-electron chi connectivity index (χ2n) is 12.0. The highest BCUT2D eigenvalue weighted by Crippen LogP contribution is 2.38. The van der Waals surface area contributed by atoms with Crippen LogP contribution in [0.4, 0.5) is 14.5 Å². The molecule has 5 heterocycles. The Kier molecular flexibility index (Phi) is 8.96. The molecule has 4 aliphatic rings. The van der Waals surface area contributed by atoms with E-state index in [2.05, 4.69) is 25.7 Å². The fourth-order valence-corrected chi connectivity index (χ4v) is 6.49. The van der Waals surface area contributed by atoms with E-state index in [1.54, 1.807) is 41.8 Å². The summed E-state index contributed by atoms with van der Waals surface area (Å²) in [5.41, 5.74) is 4.19. The summed E-state index contributed by atoms with van der Waals surface area (Å²) in [5, 5.41) is 10.7. The minimum atomic E-state index is -3.08. The Morgan fingerprint density at radius 3 is 2.62 bits per heavy atom. The maximum atomic E-state index is 13.6. The molecule has 1 aromatic heterocycles. The quantitative estimate of drug-likeness (QED) is 0.364. The monoisotopic (exact) mass is 646 g/mol. The normalized spacial score (nSPS) is 18.8. The molecule has 2 aromatic carbocycles. The predicted molar refractivity (Wildman–Crippen MR) is 171 cm³/mol. The van der Waals surface area contributed by atoms with Crippen molar-refractivity contribution in [2.24, 2.45) is 10.9 Å². The van der Waals surface area contributed by atoms with Crippen LogP contribution < -0.4 is 15.5 Å². The Labute approximate surface area is 270 Å². The third kappa shape index (κ3) is 6.89. The lowest BCUT2D eigenvalue weighted by Gasteiger charge is -2.36. The SMILES string of the molecule is O=C(Nc1cn(CC(=O)N2CCC(CN3CCOCC3)CC2)nc1-c1cc2ccccc2cc1OC(F)F)C1=C2N=CC=CN2NC1. The van der Waals surface area contributed by atoms with Crippen molar-refractivity contribution >= 4 is 34.5 Å². The molecule has 2 amide bonds. The van der Waals surface area contributed by atoms with Crippen molar-refractivity contribution in [1.82, 2.24) is 30.0 Å². The number of aromatic nitrogens is 2. The van der Waals surface area contributed by atoms with Crippen molar-refractivity contribution < 1.29 is 27.8 Å². The summed E-state index contributed by atoms with van der Waals surface area (Å²) in [6.45, 7) is 2.81. The summed E-state index contributed by atoms with van der Waals surface area (Å²) in [5.74, 6) is 0.350. The average Bonchev–Trinajstić information content (AvgIpc) is 3.69. The van der Waals surface area contributed by atoms with Crippen LogP contribution in [0.5, 0.6) is 5.75 Å². The summed E-state index contributed by atoms with van der Waals surface area (Å²) in [6.07, 6.45) is 8.49. The molecular weight excluding hydrogens is 610 g/mol. The minimum Gasteiger partial charge on any atom is -0.434 e. The number of hydrogen-bond donors (Lipinski definition) is 2. The van der Waals surface area contributed by atoms with Crippen LogP contribution >= 0.6 is 0 Å². The number of alkyl halides is 2. The number of benzene rings is 2. The number of allylic oxidation sites excluding steroid dienone is 1. The van der Waals surface area contributed by atoms with Crippen LogP contribution in [0.3, 0.4) is 0 Å². The molecular formula is C33H36F2N8O4. The van der Waals surface area contributed by atoms with E-state index in [0.29, 0.717) is 35.8 Å². The summed E-state index contributed by atoms with van der Waals surface area (Å²) >= 11 is 0. The lowest BCUT2D eigenvalue weighted by molar-refractivity contribution is -0.133. The Balaban J connectivity index is 1.15. The first-order valence-electron chi connectivity index (χ1n) is 15.8. The highest BCUT2D eigenvalue weighted by atomic mass is 19.3. The fraction of sp³-hybridized carbons (Fsp3) is 0.394. The molecule has 0 bridgehead atoms. The standard InChI is InChI=1S/C33H36F2N8O4/c34-33(35)47-28-17-24-5-2-1-4-23(24)16-25(28)30-27(38-32(45)26-18-37-43-9-3-8-36-31(26)43)20-42(39-30)21-29(44)41-10-6-22(7-11-41)19-40-12-14-46-15-13-40/h1-5,8-9,16-17,20,22,33,37H,6-7,10-15,18-19,21H2,(H,38,45). The number of nitrogens with one attached hydrogen (secondary N) is 2. The molecule has 0 aliphatic carbocycles. The average molecular weight is 647 g/mol. The second-order valence-corrected chi connectivity index (χ2v) is 12.0. The highest BCUT2D eigenvalue weighted by molar-refractivity contribution is 6.07. The van der Waals surface area contributed by atoms with Crippen LogP contribution in [0.25, 0.3) is 22.0 Å². The van der Waals surface area contributed by atoms with Gasteiger partial charge in [0.15, 0.2) is 5.82 Å². The van der Waals surface area contributed by atoms with Crippen LogP contribution in [-0.2, 0) is 20.9 Å². The van der Waals surface area contributed by atoms with Crippen LogP contribution in [0.15, 0.2) is 71.3 Å². The largest absolute Gasteiger partial charge is 0.434 e. The number of hydrazine groups is 1. The van der Waals surface area contributed by atoms with Crippen molar-refractivity contribution in [2.75, 3.05) is 57.8 Å². The number of halogens is 2. The van der Waals surface area contributed by atoms with E-state index in [0.717, 1.165) is 51.1 Å². The van der Waals surface area contributed by atoms with Gasteiger partial charge in [0.05, 0.1) is 24.5 Å². The van der Waals surface area contributed by atoms with Gasteiger partial charge >= 0.3 is 6.61 Å². The third-order valence-electron chi connectivity index (χ3n) is 8.93. The molecule has 0 atom stereocenters. The van der Waals surface area contributed by atoms with Gasteiger partial charge in [0.25, 0.3) is 5.91 Å². The number of fused-ring (bicyclic) bond motifs is 2. The van der Waals surface area contributed by atoms with Gasteiger partial charge in [-0.2, -0.15) is 13.9 Å². The number of amides is 2. The number of carbonyl (C=O) groups excluding carboxylic acids is 2. The number of rotatable bonds is 9. The van der Waals surface area contributed by atoms with E-state index in [4.69, 9.17) is 9.47 Å². The van der Waals surface area contributed by atoms with E-state index in [-0.39, 0.29) is 41.7 Å². The summed E-state index contributed by atoms with van der Waals surface area (Å²) in [6, 6.07) is 10.5. The number of carbonyl (C=O) groups is 2. The van der Waals surface area contributed by atoms with E-state index < -0.39 is 12.5 Å². The van der Waals surface area contributed by atoms with Gasteiger partial charge in [-0.15, -0.1) is 0 Å². The first-order valence-corrected chi connectivity index (χ1v) is 15.8. The minimum absolute atomic E-state index is 0.0754. The maximum Gasteiger partial charge on any atom is 0.387 e. The van der Waals surface area contributed by atoms with E-state index >= 15 is 0 Å². The first kappa shape index (κ1) is 31.0. The van der Waals surface area contributed by atoms with E-state index in [1.165, 1.54) is 10.7 Å². The topological polar surface area (TPSA) is 117 Å². The van der Waals surface area contributed by atoms with Gasteiger partial charge < -0.3 is 19.7 Å². The number of aliphatic imine (C=N–C) groups is 1. The Morgan fingerprint density at radius 1 is 1.09 bits per heavy atom.